The Kier molecular flexibility index (Phi) is 4.60. The Bertz CT molecular complexity index is 753. The molecule has 120 valence electrons. The SMILES string of the molecule is COc1ccc(OC)c(NS(=O)(=O)c2cnn(C(C)C)c2)c1. The molecule has 0 aliphatic rings. The summed E-state index contributed by atoms with van der Waals surface area (Å²) in [5.41, 5.74) is 0.305. The number of benzene rings is 1. The van der Waals surface area contributed by atoms with Gasteiger partial charge in [-0.1, -0.05) is 0 Å². The lowest BCUT2D eigenvalue weighted by molar-refractivity contribution is 0.405. The van der Waals surface area contributed by atoms with Crippen LogP contribution in [0.2, 0.25) is 0 Å². The molecule has 8 heteroatoms. The zero-order chi connectivity index (χ0) is 16.3. The van der Waals surface area contributed by atoms with Crippen molar-refractivity contribution in [3.63, 3.8) is 0 Å². The van der Waals surface area contributed by atoms with E-state index in [0.717, 1.165) is 0 Å². The first-order valence-corrected chi connectivity index (χ1v) is 8.14. The van der Waals surface area contributed by atoms with Gasteiger partial charge in [0.1, 0.15) is 16.4 Å². The van der Waals surface area contributed by atoms with Crippen LogP contribution in [0.15, 0.2) is 35.5 Å². The Balaban J connectivity index is 2.35. The summed E-state index contributed by atoms with van der Waals surface area (Å²) >= 11 is 0. The maximum atomic E-state index is 12.4. The molecule has 7 nitrogen and oxygen atoms in total. The summed E-state index contributed by atoms with van der Waals surface area (Å²) in [7, 11) is -0.777. The highest BCUT2D eigenvalue weighted by Crippen LogP contribution is 2.30. The van der Waals surface area contributed by atoms with E-state index in [1.165, 1.54) is 26.6 Å². The van der Waals surface area contributed by atoms with Crippen LogP contribution in [0.4, 0.5) is 5.69 Å². The molecule has 0 bridgehead atoms. The quantitative estimate of drug-likeness (QED) is 0.881. The Hall–Kier alpha value is -2.22. The topological polar surface area (TPSA) is 82.4 Å². The molecule has 0 amide bonds. The van der Waals surface area contributed by atoms with Gasteiger partial charge in [0.2, 0.25) is 0 Å². The molecule has 1 aromatic carbocycles. The minimum atomic E-state index is -3.75. The molecule has 0 saturated heterocycles. The van der Waals surface area contributed by atoms with Gasteiger partial charge in [-0.05, 0) is 26.0 Å². The minimum absolute atomic E-state index is 0.0790. The molecule has 0 aliphatic carbocycles. The fourth-order valence-corrected chi connectivity index (χ4v) is 2.84. The average Bonchev–Trinajstić information content (AvgIpc) is 2.97. The van der Waals surface area contributed by atoms with Crippen LogP contribution in [0.3, 0.4) is 0 Å². The molecule has 0 aliphatic heterocycles. The third-order valence-electron chi connectivity index (χ3n) is 3.07. The van der Waals surface area contributed by atoms with E-state index < -0.39 is 10.0 Å². The van der Waals surface area contributed by atoms with Crippen LogP contribution in [0.25, 0.3) is 0 Å². The van der Waals surface area contributed by atoms with E-state index in [-0.39, 0.29) is 10.9 Å². The number of hydrogen-bond donors (Lipinski definition) is 1. The van der Waals surface area contributed by atoms with Gasteiger partial charge >= 0.3 is 0 Å². The summed E-state index contributed by atoms with van der Waals surface area (Å²) < 4.78 is 39.2. The number of methoxy groups -OCH3 is 2. The lowest BCUT2D eigenvalue weighted by Gasteiger charge is -2.12. The van der Waals surface area contributed by atoms with E-state index in [9.17, 15) is 8.42 Å². The van der Waals surface area contributed by atoms with Gasteiger partial charge in [0.05, 0.1) is 26.1 Å². The molecule has 0 saturated carbocycles. The van der Waals surface area contributed by atoms with Gasteiger partial charge in [-0.2, -0.15) is 5.10 Å². The molecule has 22 heavy (non-hydrogen) atoms. The molecule has 1 aromatic heterocycles. The summed E-state index contributed by atoms with van der Waals surface area (Å²) in [5.74, 6) is 0.928. The molecule has 0 spiro atoms. The fourth-order valence-electron chi connectivity index (χ4n) is 1.84. The summed E-state index contributed by atoms with van der Waals surface area (Å²) in [6.45, 7) is 3.84. The fraction of sp³-hybridized carbons (Fsp3) is 0.357. The van der Waals surface area contributed by atoms with Gasteiger partial charge in [0.15, 0.2) is 0 Å². The first kappa shape index (κ1) is 16.2. The van der Waals surface area contributed by atoms with Gasteiger partial charge in [-0.25, -0.2) is 8.42 Å². The Morgan fingerprint density at radius 3 is 2.50 bits per heavy atom. The largest absolute Gasteiger partial charge is 0.497 e. The number of nitrogens with one attached hydrogen (secondary N) is 1. The highest BCUT2D eigenvalue weighted by molar-refractivity contribution is 7.92. The van der Waals surface area contributed by atoms with Crippen LogP contribution in [0.1, 0.15) is 19.9 Å². The lowest BCUT2D eigenvalue weighted by atomic mass is 10.3. The molecule has 0 radical (unpaired) electrons. The number of rotatable bonds is 6. The van der Waals surface area contributed by atoms with E-state index in [2.05, 4.69) is 9.82 Å². The van der Waals surface area contributed by atoms with Crippen LogP contribution >= 0.6 is 0 Å². The van der Waals surface area contributed by atoms with Crippen molar-refractivity contribution in [2.75, 3.05) is 18.9 Å². The van der Waals surface area contributed by atoms with E-state index in [1.807, 2.05) is 13.8 Å². The summed E-state index contributed by atoms with van der Waals surface area (Å²) in [6.07, 6.45) is 2.80. The summed E-state index contributed by atoms with van der Waals surface area (Å²) in [5, 5.41) is 4.04. The Labute approximate surface area is 129 Å². The van der Waals surface area contributed by atoms with E-state index >= 15 is 0 Å². The van der Waals surface area contributed by atoms with Gasteiger partial charge < -0.3 is 9.47 Å². The van der Waals surface area contributed by atoms with Crippen molar-refractivity contribution >= 4 is 15.7 Å². The summed E-state index contributed by atoms with van der Waals surface area (Å²) in [6, 6.07) is 4.96. The van der Waals surface area contributed by atoms with Crippen LogP contribution in [-0.2, 0) is 10.0 Å². The number of anilines is 1. The van der Waals surface area contributed by atoms with E-state index in [1.54, 1.807) is 22.9 Å². The number of hydrogen-bond acceptors (Lipinski definition) is 5. The standard InChI is InChI=1S/C14H19N3O4S/c1-10(2)17-9-12(8-15-17)22(18,19)16-13-7-11(20-3)5-6-14(13)21-4/h5-10,16H,1-4H3. The highest BCUT2D eigenvalue weighted by atomic mass is 32.2. The van der Waals surface area contributed by atoms with Gasteiger partial charge in [-0.3, -0.25) is 9.40 Å². The Morgan fingerprint density at radius 1 is 1.23 bits per heavy atom. The van der Waals surface area contributed by atoms with Gasteiger partial charge in [-0.15, -0.1) is 0 Å². The molecule has 0 atom stereocenters. The summed E-state index contributed by atoms with van der Waals surface area (Å²) in [4.78, 5) is 0.0890. The molecule has 2 rings (SSSR count). The van der Waals surface area contributed by atoms with E-state index in [0.29, 0.717) is 17.2 Å². The van der Waals surface area contributed by atoms with Crippen LogP contribution in [-0.4, -0.2) is 32.4 Å². The predicted octanol–water partition coefficient (Wildman–Crippen LogP) is 2.28. The second-order valence-corrected chi connectivity index (χ2v) is 6.60. The molecule has 1 N–H and O–H groups in total. The smallest absolute Gasteiger partial charge is 0.265 e. The normalized spacial score (nSPS) is 11.5. The zero-order valence-corrected chi connectivity index (χ0v) is 13.7. The third kappa shape index (κ3) is 3.33. The van der Waals surface area contributed by atoms with Crippen molar-refractivity contribution < 1.29 is 17.9 Å². The van der Waals surface area contributed by atoms with Gasteiger partial charge in [0.25, 0.3) is 10.0 Å². The monoisotopic (exact) mass is 325 g/mol. The number of nitrogens with zero attached hydrogens (tertiary/aromatic N) is 2. The molecular weight excluding hydrogens is 306 g/mol. The number of aromatic nitrogens is 2. The van der Waals surface area contributed by atoms with Crippen molar-refractivity contribution in [1.29, 1.82) is 0 Å². The Morgan fingerprint density at radius 2 is 1.95 bits per heavy atom. The molecule has 1 heterocycles. The second-order valence-electron chi connectivity index (χ2n) is 4.92. The van der Waals surface area contributed by atoms with Crippen molar-refractivity contribution in [3.05, 3.63) is 30.6 Å². The molecule has 2 aromatic rings. The van der Waals surface area contributed by atoms with Crippen LogP contribution in [0, 0.1) is 0 Å². The van der Waals surface area contributed by atoms with Crippen LogP contribution < -0.4 is 14.2 Å². The van der Waals surface area contributed by atoms with Crippen LogP contribution in [0.5, 0.6) is 11.5 Å². The number of ether oxygens (including phenoxy) is 2. The van der Waals surface area contributed by atoms with Gasteiger partial charge in [0, 0.05) is 18.3 Å². The lowest BCUT2D eigenvalue weighted by Crippen LogP contribution is -2.13. The predicted molar refractivity (Wildman–Crippen MR) is 83.0 cm³/mol. The maximum Gasteiger partial charge on any atom is 0.265 e. The maximum absolute atomic E-state index is 12.4. The third-order valence-corrected chi connectivity index (χ3v) is 4.39. The van der Waals surface area contributed by atoms with Crippen molar-refractivity contribution in [3.8, 4) is 11.5 Å². The minimum Gasteiger partial charge on any atom is -0.497 e. The van der Waals surface area contributed by atoms with E-state index in [4.69, 9.17) is 9.47 Å². The first-order chi connectivity index (χ1) is 10.4. The van der Waals surface area contributed by atoms with Crippen molar-refractivity contribution in [2.45, 2.75) is 24.8 Å². The number of sulfonamides is 1. The molecule has 0 fully saturated rings. The first-order valence-electron chi connectivity index (χ1n) is 6.66. The second kappa shape index (κ2) is 6.27. The van der Waals surface area contributed by atoms with Crippen molar-refractivity contribution in [1.82, 2.24) is 9.78 Å². The zero-order valence-electron chi connectivity index (χ0n) is 12.9. The average molecular weight is 325 g/mol. The highest BCUT2D eigenvalue weighted by Gasteiger charge is 2.19. The van der Waals surface area contributed by atoms with Crippen molar-refractivity contribution in [2.24, 2.45) is 0 Å². The molecular formula is C14H19N3O4S. The molecule has 0 unspecified atom stereocenters.